The molecule has 0 spiro atoms. The van der Waals surface area contributed by atoms with Gasteiger partial charge in [-0.1, -0.05) is 24.3 Å². The van der Waals surface area contributed by atoms with Gasteiger partial charge in [-0.05, 0) is 108 Å². The molecule has 2 saturated heterocycles. The Labute approximate surface area is 224 Å². The van der Waals surface area contributed by atoms with Gasteiger partial charge in [0.05, 0.1) is 19.3 Å². The minimum atomic E-state index is -0.159. The zero-order valence-electron chi connectivity index (χ0n) is 23.4. The average Bonchev–Trinajstić information content (AvgIpc) is 3.31. The molecule has 0 bridgehead atoms. The van der Waals surface area contributed by atoms with E-state index < -0.39 is 0 Å². The van der Waals surface area contributed by atoms with Gasteiger partial charge in [0.2, 0.25) is 0 Å². The third-order valence-electron chi connectivity index (χ3n) is 8.15. The van der Waals surface area contributed by atoms with E-state index >= 15 is 0 Å². The van der Waals surface area contributed by atoms with Crippen LogP contribution in [0, 0.1) is 13.8 Å². The van der Waals surface area contributed by atoms with Gasteiger partial charge in [0.15, 0.2) is 0 Å². The summed E-state index contributed by atoms with van der Waals surface area (Å²) < 4.78 is 12.5. The second-order valence-electron chi connectivity index (χ2n) is 11.0. The molecule has 2 aromatic carbocycles. The second-order valence-corrected chi connectivity index (χ2v) is 11.0. The molecule has 6 heteroatoms. The number of aliphatic hydroxyl groups is 1. The Balaban J connectivity index is 1.27. The minimum absolute atomic E-state index is 0.159. The molecule has 0 saturated carbocycles. The third kappa shape index (κ3) is 7.70. The largest absolute Gasteiger partial charge is 0.493 e. The summed E-state index contributed by atoms with van der Waals surface area (Å²) in [6.07, 6.45) is 5.27. The first-order chi connectivity index (χ1) is 17.9. The molecule has 4 rings (SSSR count). The molecule has 204 valence electrons. The Kier molecular flexibility index (Phi) is 10.3. The van der Waals surface area contributed by atoms with E-state index in [9.17, 15) is 5.11 Å². The highest BCUT2D eigenvalue weighted by Gasteiger charge is 2.21. The molecular weight excluding hydrogens is 462 g/mol. The number of hydrogen-bond acceptors (Lipinski definition) is 6. The molecular formula is C31H47N3O3. The first-order valence-electron chi connectivity index (χ1n) is 14.2. The SMILES string of the molecule is Cc1c(OCCCN2CCC(N(C)C)CC2)cccc1-c1cccc(OCCCN2CCC(O)C2)c1C. The summed E-state index contributed by atoms with van der Waals surface area (Å²) in [5.41, 5.74) is 4.76. The molecule has 2 heterocycles. The second kappa shape index (κ2) is 13.6. The van der Waals surface area contributed by atoms with Gasteiger partial charge >= 0.3 is 0 Å². The Morgan fingerprint density at radius 1 is 0.784 bits per heavy atom. The van der Waals surface area contributed by atoms with E-state index in [0.29, 0.717) is 6.61 Å². The minimum Gasteiger partial charge on any atom is -0.493 e. The predicted molar refractivity (Wildman–Crippen MR) is 152 cm³/mol. The Morgan fingerprint density at radius 3 is 1.78 bits per heavy atom. The van der Waals surface area contributed by atoms with Crippen molar-refractivity contribution in [3.8, 4) is 22.6 Å². The van der Waals surface area contributed by atoms with Crippen LogP contribution in [0.25, 0.3) is 11.1 Å². The van der Waals surface area contributed by atoms with Crippen LogP contribution in [0.1, 0.15) is 43.2 Å². The highest BCUT2D eigenvalue weighted by molar-refractivity contribution is 5.74. The lowest BCUT2D eigenvalue weighted by Gasteiger charge is -2.35. The van der Waals surface area contributed by atoms with Gasteiger partial charge in [0, 0.05) is 32.2 Å². The van der Waals surface area contributed by atoms with Gasteiger partial charge in [0.1, 0.15) is 11.5 Å². The van der Waals surface area contributed by atoms with E-state index in [1.54, 1.807) is 0 Å². The normalized spacial score (nSPS) is 19.6. The molecule has 1 atom stereocenters. The predicted octanol–water partition coefficient (Wildman–Crippen LogP) is 4.60. The van der Waals surface area contributed by atoms with Crippen LogP contribution in [0.15, 0.2) is 36.4 Å². The Morgan fingerprint density at radius 2 is 1.30 bits per heavy atom. The first kappa shape index (κ1) is 27.9. The number of rotatable bonds is 12. The fraction of sp³-hybridized carbons (Fsp3) is 0.613. The molecule has 1 N–H and O–H groups in total. The molecule has 0 aliphatic carbocycles. The summed E-state index contributed by atoms with van der Waals surface area (Å²) in [4.78, 5) is 7.26. The van der Waals surface area contributed by atoms with Gasteiger partial charge in [-0.2, -0.15) is 0 Å². The molecule has 37 heavy (non-hydrogen) atoms. The van der Waals surface area contributed by atoms with Crippen LogP contribution in [-0.2, 0) is 0 Å². The number of nitrogens with zero attached hydrogens (tertiary/aromatic N) is 3. The Bertz CT molecular complexity index is 988. The summed E-state index contributed by atoms with van der Waals surface area (Å²) in [6.45, 7) is 12.0. The van der Waals surface area contributed by atoms with Crippen molar-refractivity contribution in [2.24, 2.45) is 0 Å². The average molecular weight is 510 g/mol. The van der Waals surface area contributed by atoms with Gasteiger partial charge < -0.3 is 29.3 Å². The molecule has 0 aromatic heterocycles. The van der Waals surface area contributed by atoms with Gasteiger partial charge in [-0.3, -0.25) is 0 Å². The van der Waals surface area contributed by atoms with Gasteiger partial charge in [-0.15, -0.1) is 0 Å². The fourth-order valence-electron chi connectivity index (χ4n) is 5.74. The maximum Gasteiger partial charge on any atom is 0.122 e. The van der Waals surface area contributed by atoms with Crippen LogP contribution in [0.2, 0.25) is 0 Å². The van der Waals surface area contributed by atoms with E-state index in [1.807, 2.05) is 0 Å². The van der Waals surface area contributed by atoms with Gasteiger partial charge in [-0.25, -0.2) is 0 Å². The monoisotopic (exact) mass is 509 g/mol. The van der Waals surface area contributed by atoms with Crippen molar-refractivity contribution in [1.29, 1.82) is 0 Å². The molecule has 2 fully saturated rings. The number of hydrogen-bond donors (Lipinski definition) is 1. The molecule has 0 amide bonds. The first-order valence-corrected chi connectivity index (χ1v) is 14.2. The smallest absolute Gasteiger partial charge is 0.122 e. The highest BCUT2D eigenvalue weighted by Crippen LogP contribution is 2.35. The maximum atomic E-state index is 9.70. The van der Waals surface area contributed by atoms with Crippen molar-refractivity contribution in [3.05, 3.63) is 47.5 Å². The fourth-order valence-corrected chi connectivity index (χ4v) is 5.74. The maximum absolute atomic E-state index is 9.70. The van der Waals surface area contributed by atoms with Crippen molar-refractivity contribution in [2.45, 2.75) is 58.1 Å². The summed E-state index contributed by atoms with van der Waals surface area (Å²) in [6, 6.07) is 13.4. The van der Waals surface area contributed by atoms with E-state index in [-0.39, 0.29) is 6.10 Å². The van der Waals surface area contributed by atoms with Crippen LogP contribution in [0.4, 0.5) is 0 Å². The number of likely N-dealkylation sites (tertiary alicyclic amines) is 2. The highest BCUT2D eigenvalue weighted by atomic mass is 16.5. The van der Waals surface area contributed by atoms with Crippen molar-refractivity contribution in [3.63, 3.8) is 0 Å². The summed E-state index contributed by atoms with van der Waals surface area (Å²) >= 11 is 0. The summed E-state index contributed by atoms with van der Waals surface area (Å²) in [5.74, 6) is 1.92. The van der Waals surface area contributed by atoms with Crippen LogP contribution < -0.4 is 9.47 Å². The molecule has 0 radical (unpaired) electrons. The molecule has 2 aromatic rings. The number of piperidine rings is 1. The zero-order chi connectivity index (χ0) is 26.2. The molecule has 2 aliphatic rings. The van der Waals surface area contributed by atoms with E-state index in [2.05, 4.69) is 79.0 Å². The quantitative estimate of drug-likeness (QED) is 0.422. The van der Waals surface area contributed by atoms with Crippen molar-refractivity contribution < 1.29 is 14.6 Å². The van der Waals surface area contributed by atoms with Crippen molar-refractivity contribution in [2.75, 3.05) is 66.6 Å². The number of aliphatic hydroxyl groups excluding tert-OH is 1. The Hall–Kier alpha value is -2.12. The topological polar surface area (TPSA) is 48.4 Å². The lowest BCUT2D eigenvalue weighted by atomic mass is 9.95. The van der Waals surface area contributed by atoms with Crippen LogP contribution >= 0.6 is 0 Å². The van der Waals surface area contributed by atoms with Crippen molar-refractivity contribution in [1.82, 2.24) is 14.7 Å². The van der Waals surface area contributed by atoms with Crippen LogP contribution in [0.3, 0.4) is 0 Å². The van der Waals surface area contributed by atoms with Crippen LogP contribution in [-0.4, -0.2) is 98.5 Å². The van der Waals surface area contributed by atoms with Crippen LogP contribution in [0.5, 0.6) is 11.5 Å². The van der Waals surface area contributed by atoms with E-state index in [1.165, 1.54) is 48.2 Å². The van der Waals surface area contributed by atoms with E-state index in [4.69, 9.17) is 9.47 Å². The number of β-amino-alcohol motifs (C(OH)–C–C–N with tert-alkyl or cyclic N) is 1. The number of benzene rings is 2. The van der Waals surface area contributed by atoms with Gasteiger partial charge in [0.25, 0.3) is 0 Å². The lowest BCUT2D eigenvalue weighted by Crippen LogP contribution is -2.42. The van der Waals surface area contributed by atoms with Crippen molar-refractivity contribution >= 4 is 0 Å². The third-order valence-corrected chi connectivity index (χ3v) is 8.15. The molecule has 6 nitrogen and oxygen atoms in total. The lowest BCUT2D eigenvalue weighted by molar-refractivity contribution is 0.138. The zero-order valence-corrected chi connectivity index (χ0v) is 23.4. The molecule has 1 unspecified atom stereocenters. The summed E-state index contributed by atoms with van der Waals surface area (Å²) in [7, 11) is 4.39. The summed E-state index contributed by atoms with van der Waals surface area (Å²) in [5, 5.41) is 9.70. The molecule has 2 aliphatic heterocycles. The number of ether oxygens (including phenoxy) is 2. The standard InChI is InChI=1S/C31H47N3O3/c1-24-28(9-5-11-30(24)36-21-7-16-33-18-13-26(14-19-33)32(3)4)29-10-6-12-31(25(29)2)37-22-8-17-34-20-15-27(35)23-34/h5-6,9-12,26-27,35H,7-8,13-23H2,1-4H3. The van der Waals surface area contributed by atoms with E-state index in [0.717, 1.165) is 69.6 Å².